The van der Waals surface area contributed by atoms with Crippen LogP contribution in [0.15, 0.2) is 0 Å². The Balaban J connectivity index is 2.16. The summed E-state index contributed by atoms with van der Waals surface area (Å²) in [5.41, 5.74) is 0. The maximum absolute atomic E-state index is 12.6. The van der Waals surface area contributed by atoms with Crippen molar-refractivity contribution in [3.8, 4) is 0 Å². The van der Waals surface area contributed by atoms with Gasteiger partial charge < -0.3 is 10.0 Å². The third-order valence-corrected chi connectivity index (χ3v) is 6.20. The van der Waals surface area contributed by atoms with Gasteiger partial charge >= 0.3 is 5.97 Å². The number of rotatable bonds is 5. The summed E-state index contributed by atoms with van der Waals surface area (Å²) in [7, 11) is -3.43. The van der Waals surface area contributed by atoms with Crippen LogP contribution in [-0.4, -0.2) is 65.5 Å². The molecule has 2 atom stereocenters. The average Bonchev–Trinajstić information content (AvgIpc) is 3.07. The second-order valence-electron chi connectivity index (χ2n) is 5.61. The van der Waals surface area contributed by atoms with Gasteiger partial charge in [0.15, 0.2) is 0 Å². The molecule has 2 heterocycles. The Morgan fingerprint density at radius 1 is 1.14 bits per heavy atom. The van der Waals surface area contributed by atoms with E-state index < -0.39 is 28.1 Å². The maximum atomic E-state index is 12.6. The molecule has 0 radical (unpaired) electrons. The largest absolute Gasteiger partial charge is 0.480 e. The molecule has 2 rings (SSSR count). The molecule has 0 bridgehead atoms. The number of carbonyl (C=O) groups excluding carboxylic acids is 1. The normalized spacial score (nSPS) is 27.2. The van der Waals surface area contributed by atoms with Crippen molar-refractivity contribution in [1.82, 2.24) is 9.21 Å². The molecule has 2 aliphatic rings. The standard InChI is InChI=1S/C13H22N2O5S/c1-2-9-21(19,20)15-8-4-5-10(15)12(16)14-7-3-6-11(14)13(17)18/h10-11H,2-9H2,1H3,(H,17,18)/t10?,11-/m0/s1. The fourth-order valence-corrected chi connectivity index (χ4v) is 4.91. The summed E-state index contributed by atoms with van der Waals surface area (Å²) in [6.45, 7) is 2.53. The number of sulfonamides is 1. The van der Waals surface area contributed by atoms with E-state index in [1.807, 2.05) is 0 Å². The molecule has 7 nitrogen and oxygen atoms in total. The highest BCUT2D eigenvalue weighted by atomic mass is 32.2. The van der Waals surface area contributed by atoms with Gasteiger partial charge in [-0.15, -0.1) is 0 Å². The van der Waals surface area contributed by atoms with Crippen LogP contribution < -0.4 is 0 Å². The average molecular weight is 318 g/mol. The van der Waals surface area contributed by atoms with Gasteiger partial charge in [-0.2, -0.15) is 4.31 Å². The molecule has 0 aromatic rings. The number of hydrogen-bond acceptors (Lipinski definition) is 4. The summed E-state index contributed by atoms with van der Waals surface area (Å²) < 4.78 is 25.7. The smallest absolute Gasteiger partial charge is 0.326 e. The van der Waals surface area contributed by atoms with E-state index in [-0.39, 0.29) is 11.7 Å². The van der Waals surface area contributed by atoms with Crippen LogP contribution in [0.2, 0.25) is 0 Å². The molecule has 2 aliphatic heterocycles. The number of aliphatic carboxylic acids is 1. The molecule has 0 aromatic carbocycles. The van der Waals surface area contributed by atoms with Crippen LogP contribution in [0.5, 0.6) is 0 Å². The van der Waals surface area contributed by atoms with Gasteiger partial charge in [0, 0.05) is 13.1 Å². The summed E-state index contributed by atoms with van der Waals surface area (Å²) in [6, 6.07) is -1.53. The monoisotopic (exact) mass is 318 g/mol. The highest BCUT2D eigenvalue weighted by Crippen LogP contribution is 2.27. The van der Waals surface area contributed by atoms with Gasteiger partial charge in [0.05, 0.1) is 5.75 Å². The molecule has 0 spiro atoms. The first-order chi connectivity index (χ1) is 9.88. The van der Waals surface area contributed by atoms with Crippen LogP contribution in [-0.2, 0) is 19.6 Å². The third-order valence-electron chi connectivity index (χ3n) is 4.13. The molecule has 21 heavy (non-hydrogen) atoms. The van der Waals surface area contributed by atoms with Gasteiger partial charge in [0.2, 0.25) is 15.9 Å². The maximum Gasteiger partial charge on any atom is 0.326 e. The summed E-state index contributed by atoms with van der Waals surface area (Å²) in [4.78, 5) is 25.1. The molecule has 1 N–H and O–H groups in total. The molecule has 2 fully saturated rings. The van der Waals surface area contributed by atoms with Gasteiger partial charge in [-0.05, 0) is 32.1 Å². The number of carboxylic acid groups (broad SMARTS) is 1. The van der Waals surface area contributed by atoms with Gasteiger partial charge in [-0.1, -0.05) is 6.92 Å². The van der Waals surface area contributed by atoms with E-state index in [1.54, 1.807) is 6.92 Å². The minimum absolute atomic E-state index is 0.0269. The topological polar surface area (TPSA) is 95.0 Å². The fraction of sp³-hybridized carbons (Fsp3) is 0.846. The van der Waals surface area contributed by atoms with Crippen molar-refractivity contribution in [3.63, 3.8) is 0 Å². The Hall–Kier alpha value is -1.15. The number of amides is 1. The lowest BCUT2D eigenvalue weighted by Crippen LogP contribution is -2.51. The second-order valence-corrected chi connectivity index (χ2v) is 7.65. The van der Waals surface area contributed by atoms with Crippen molar-refractivity contribution in [2.75, 3.05) is 18.8 Å². The highest BCUT2D eigenvalue weighted by molar-refractivity contribution is 7.89. The van der Waals surface area contributed by atoms with Crippen LogP contribution in [0, 0.1) is 0 Å². The Bertz CT molecular complexity index is 519. The minimum Gasteiger partial charge on any atom is -0.480 e. The number of hydrogen-bond donors (Lipinski definition) is 1. The first-order valence-corrected chi connectivity index (χ1v) is 9.02. The molecule has 0 aliphatic carbocycles. The predicted octanol–water partition coefficient (Wildman–Crippen LogP) is 0.266. The van der Waals surface area contributed by atoms with E-state index in [4.69, 9.17) is 5.11 Å². The molecule has 0 aromatic heterocycles. The van der Waals surface area contributed by atoms with Crippen LogP contribution >= 0.6 is 0 Å². The molecule has 8 heteroatoms. The molecule has 120 valence electrons. The molecular formula is C13H22N2O5S. The van der Waals surface area contributed by atoms with Crippen LogP contribution in [0.3, 0.4) is 0 Å². The first kappa shape index (κ1) is 16.2. The fourth-order valence-electron chi connectivity index (χ4n) is 3.17. The second kappa shape index (κ2) is 6.31. The van der Waals surface area contributed by atoms with E-state index >= 15 is 0 Å². The van der Waals surface area contributed by atoms with E-state index in [0.717, 1.165) is 0 Å². The highest BCUT2D eigenvalue weighted by Gasteiger charge is 2.43. The van der Waals surface area contributed by atoms with Crippen molar-refractivity contribution >= 4 is 21.9 Å². The van der Waals surface area contributed by atoms with E-state index in [1.165, 1.54) is 9.21 Å². The van der Waals surface area contributed by atoms with Gasteiger partial charge in [0.1, 0.15) is 12.1 Å². The zero-order chi connectivity index (χ0) is 15.6. The lowest BCUT2D eigenvalue weighted by atomic mass is 10.1. The number of nitrogens with zero attached hydrogens (tertiary/aromatic N) is 2. The Morgan fingerprint density at radius 2 is 1.76 bits per heavy atom. The van der Waals surface area contributed by atoms with E-state index in [0.29, 0.717) is 45.2 Å². The van der Waals surface area contributed by atoms with E-state index in [9.17, 15) is 18.0 Å². The van der Waals surface area contributed by atoms with Crippen molar-refractivity contribution < 1.29 is 23.1 Å². The van der Waals surface area contributed by atoms with Gasteiger partial charge in [-0.3, -0.25) is 4.79 Å². The summed E-state index contributed by atoms with van der Waals surface area (Å²) >= 11 is 0. The van der Waals surface area contributed by atoms with Crippen LogP contribution in [0.1, 0.15) is 39.0 Å². The molecular weight excluding hydrogens is 296 g/mol. The summed E-state index contributed by atoms with van der Waals surface area (Å²) in [5, 5.41) is 9.16. The number of carbonyl (C=O) groups is 2. The Morgan fingerprint density at radius 3 is 2.38 bits per heavy atom. The third kappa shape index (κ3) is 3.21. The van der Waals surface area contributed by atoms with Crippen molar-refractivity contribution in [3.05, 3.63) is 0 Å². The molecule has 2 saturated heterocycles. The SMILES string of the molecule is CCCS(=O)(=O)N1CCCC1C(=O)N1CCC[C@H]1C(=O)O. The predicted molar refractivity (Wildman–Crippen MR) is 76.2 cm³/mol. The van der Waals surface area contributed by atoms with Crippen molar-refractivity contribution in [2.24, 2.45) is 0 Å². The number of likely N-dealkylation sites (tertiary alicyclic amines) is 1. The van der Waals surface area contributed by atoms with Gasteiger partial charge in [-0.25, -0.2) is 13.2 Å². The Labute approximate surface area is 125 Å². The molecule has 0 saturated carbocycles. The zero-order valence-electron chi connectivity index (χ0n) is 12.2. The van der Waals surface area contributed by atoms with Crippen LogP contribution in [0.4, 0.5) is 0 Å². The van der Waals surface area contributed by atoms with Crippen LogP contribution in [0.25, 0.3) is 0 Å². The van der Waals surface area contributed by atoms with Gasteiger partial charge in [0.25, 0.3) is 0 Å². The quantitative estimate of drug-likeness (QED) is 0.785. The first-order valence-electron chi connectivity index (χ1n) is 7.41. The van der Waals surface area contributed by atoms with Crippen molar-refractivity contribution in [2.45, 2.75) is 51.1 Å². The zero-order valence-corrected chi connectivity index (χ0v) is 13.0. The summed E-state index contributed by atoms with van der Waals surface area (Å²) in [6.07, 6.45) is 2.71. The minimum atomic E-state index is -3.43. The molecule has 1 amide bonds. The summed E-state index contributed by atoms with van der Waals surface area (Å²) in [5.74, 6) is -1.34. The van der Waals surface area contributed by atoms with Crippen molar-refractivity contribution in [1.29, 1.82) is 0 Å². The molecule has 1 unspecified atom stereocenters. The Kier molecular flexibility index (Phi) is 4.88. The lowest BCUT2D eigenvalue weighted by Gasteiger charge is -2.29. The number of carboxylic acids is 1. The lowest BCUT2D eigenvalue weighted by molar-refractivity contribution is -0.149. The van der Waals surface area contributed by atoms with E-state index in [2.05, 4.69) is 0 Å².